The molecule has 0 radical (unpaired) electrons. The first kappa shape index (κ1) is 12.6. The van der Waals surface area contributed by atoms with Crippen LogP contribution in [0.5, 0.6) is 0 Å². The van der Waals surface area contributed by atoms with Gasteiger partial charge in [0.25, 0.3) is 0 Å². The van der Waals surface area contributed by atoms with Gasteiger partial charge in [-0.15, -0.1) is 0 Å². The summed E-state index contributed by atoms with van der Waals surface area (Å²) in [5, 5.41) is 0. The van der Waals surface area contributed by atoms with Gasteiger partial charge in [0.05, 0.1) is 13.2 Å². The molecule has 0 saturated heterocycles. The number of anilines is 1. The Morgan fingerprint density at radius 3 is 2.67 bits per heavy atom. The lowest BCUT2D eigenvalue weighted by atomic mass is 10.1. The highest BCUT2D eigenvalue weighted by molar-refractivity contribution is 5.48. The zero-order valence-corrected chi connectivity index (χ0v) is 10.3. The molecule has 0 unspecified atom stereocenters. The summed E-state index contributed by atoms with van der Waals surface area (Å²) in [6, 6.07) is 12.3. The van der Waals surface area contributed by atoms with E-state index in [1.54, 1.807) is 6.07 Å². The van der Waals surface area contributed by atoms with Crippen molar-refractivity contribution in [1.29, 1.82) is 0 Å². The summed E-state index contributed by atoms with van der Waals surface area (Å²) >= 11 is 0. The predicted octanol–water partition coefficient (Wildman–Crippen LogP) is 3.43. The lowest BCUT2D eigenvalue weighted by molar-refractivity contribution is 0.107. The molecule has 2 rings (SSSR count). The quantitative estimate of drug-likeness (QED) is 0.837. The molecular formula is C15H16FNO. The molecule has 18 heavy (non-hydrogen) atoms. The van der Waals surface area contributed by atoms with Crippen molar-refractivity contribution in [2.45, 2.75) is 20.1 Å². The Balaban J connectivity index is 1.92. The average Bonchev–Trinajstić information content (AvgIpc) is 2.32. The highest BCUT2D eigenvalue weighted by Crippen LogP contribution is 2.15. The Morgan fingerprint density at radius 1 is 1.11 bits per heavy atom. The van der Waals surface area contributed by atoms with E-state index in [4.69, 9.17) is 10.5 Å². The van der Waals surface area contributed by atoms with Crippen molar-refractivity contribution in [3.8, 4) is 0 Å². The molecule has 2 nitrogen and oxygen atoms in total. The molecule has 0 saturated carbocycles. The van der Waals surface area contributed by atoms with Gasteiger partial charge in [0, 0.05) is 11.3 Å². The van der Waals surface area contributed by atoms with E-state index in [0.29, 0.717) is 13.2 Å². The van der Waals surface area contributed by atoms with Gasteiger partial charge in [-0.05, 0) is 36.2 Å². The third kappa shape index (κ3) is 3.31. The Labute approximate surface area is 106 Å². The van der Waals surface area contributed by atoms with Gasteiger partial charge in [-0.2, -0.15) is 0 Å². The van der Waals surface area contributed by atoms with Crippen molar-refractivity contribution in [3.63, 3.8) is 0 Å². The van der Waals surface area contributed by atoms with E-state index in [1.165, 1.54) is 12.1 Å². The maximum Gasteiger partial charge on any atom is 0.123 e. The molecule has 0 atom stereocenters. The number of rotatable bonds is 4. The molecule has 0 aliphatic rings. The van der Waals surface area contributed by atoms with Crippen LogP contribution in [0.1, 0.15) is 16.7 Å². The molecular weight excluding hydrogens is 229 g/mol. The number of aryl methyl sites for hydroxylation is 1. The Kier molecular flexibility index (Phi) is 3.95. The van der Waals surface area contributed by atoms with Gasteiger partial charge >= 0.3 is 0 Å². The number of benzene rings is 2. The number of hydrogen-bond acceptors (Lipinski definition) is 2. The predicted molar refractivity (Wildman–Crippen MR) is 70.5 cm³/mol. The second kappa shape index (κ2) is 5.65. The van der Waals surface area contributed by atoms with Gasteiger partial charge in [0.15, 0.2) is 0 Å². The van der Waals surface area contributed by atoms with Crippen molar-refractivity contribution in [1.82, 2.24) is 0 Å². The molecule has 0 spiro atoms. The molecule has 0 aliphatic heterocycles. The molecule has 0 aromatic heterocycles. The molecule has 94 valence electrons. The van der Waals surface area contributed by atoms with E-state index in [0.717, 1.165) is 22.4 Å². The van der Waals surface area contributed by atoms with Gasteiger partial charge < -0.3 is 10.5 Å². The fourth-order valence-electron chi connectivity index (χ4n) is 1.75. The number of nitrogens with two attached hydrogens (primary N) is 1. The van der Waals surface area contributed by atoms with Crippen LogP contribution in [0.2, 0.25) is 0 Å². The van der Waals surface area contributed by atoms with Crippen LogP contribution in [0.4, 0.5) is 10.1 Å². The van der Waals surface area contributed by atoms with E-state index in [2.05, 4.69) is 0 Å². The zero-order chi connectivity index (χ0) is 13.0. The highest BCUT2D eigenvalue weighted by atomic mass is 19.1. The number of halogens is 1. The standard InChI is InChI=1S/C15H16FNO/c1-11-5-6-13(15(17)7-11)10-18-9-12-3-2-4-14(16)8-12/h2-8H,9-10,17H2,1H3. The van der Waals surface area contributed by atoms with Crippen molar-refractivity contribution in [2.24, 2.45) is 0 Å². The van der Waals surface area contributed by atoms with Crippen LogP contribution in [0, 0.1) is 12.7 Å². The van der Waals surface area contributed by atoms with Gasteiger partial charge in [-0.1, -0.05) is 24.3 Å². The highest BCUT2D eigenvalue weighted by Gasteiger charge is 2.00. The van der Waals surface area contributed by atoms with Crippen molar-refractivity contribution in [3.05, 3.63) is 65.0 Å². The summed E-state index contributed by atoms with van der Waals surface area (Å²) in [5.74, 6) is -0.244. The third-order valence-corrected chi connectivity index (χ3v) is 2.72. The summed E-state index contributed by atoms with van der Waals surface area (Å²) in [4.78, 5) is 0. The van der Waals surface area contributed by atoms with Crippen LogP contribution >= 0.6 is 0 Å². The minimum Gasteiger partial charge on any atom is -0.398 e. The third-order valence-electron chi connectivity index (χ3n) is 2.72. The van der Waals surface area contributed by atoms with Crippen molar-refractivity contribution < 1.29 is 9.13 Å². The van der Waals surface area contributed by atoms with Gasteiger partial charge in [-0.3, -0.25) is 0 Å². The first-order valence-electron chi connectivity index (χ1n) is 5.82. The molecule has 0 amide bonds. The largest absolute Gasteiger partial charge is 0.398 e. The average molecular weight is 245 g/mol. The summed E-state index contributed by atoms with van der Waals surface area (Å²) in [6.07, 6.45) is 0. The normalized spacial score (nSPS) is 10.6. The van der Waals surface area contributed by atoms with E-state index in [1.807, 2.05) is 31.2 Å². The number of hydrogen-bond donors (Lipinski definition) is 1. The molecule has 2 aromatic carbocycles. The van der Waals surface area contributed by atoms with Crippen LogP contribution in [-0.4, -0.2) is 0 Å². The monoisotopic (exact) mass is 245 g/mol. The van der Waals surface area contributed by atoms with Crippen LogP contribution in [0.25, 0.3) is 0 Å². The van der Waals surface area contributed by atoms with Gasteiger partial charge in [0.2, 0.25) is 0 Å². The van der Waals surface area contributed by atoms with E-state index < -0.39 is 0 Å². The lowest BCUT2D eigenvalue weighted by Gasteiger charge is -2.08. The fourth-order valence-corrected chi connectivity index (χ4v) is 1.75. The van der Waals surface area contributed by atoms with Crippen LogP contribution in [0.15, 0.2) is 42.5 Å². The summed E-state index contributed by atoms with van der Waals surface area (Å²) < 4.78 is 18.5. The SMILES string of the molecule is Cc1ccc(COCc2cccc(F)c2)c(N)c1. The molecule has 2 N–H and O–H groups in total. The fraction of sp³-hybridized carbons (Fsp3) is 0.200. The van der Waals surface area contributed by atoms with Crippen LogP contribution < -0.4 is 5.73 Å². The topological polar surface area (TPSA) is 35.2 Å². The Bertz CT molecular complexity index is 540. The molecule has 3 heteroatoms. The second-order valence-electron chi connectivity index (χ2n) is 4.32. The maximum atomic E-state index is 13.0. The summed E-state index contributed by atoms with van der Waals surface area (Å²) in [6.45, 7) is 2.81. The Morgan fingerprint density at radius 2 is 1.94 bits per heavy atom. The molecule has 0 heterocycles. The van der Waals surface area contributed by atoms with E-state index in [-0.39, 0.29) is 5.82 Å². The molecule has 0 fully saturated rings. The van der Waals surface area contributed by atoms with Crippen LogP contribution in [0.3, 0.4) is 0 Å². The molecule has 0 aliphatic carbocycles. The smallest absolute Gasteiger partial charge is 0.123 e. The lowest BCUT2D eigenvalue weighted by Crippen LogP contribution is -1.99. The van der Waals surface area contributed by atoms with Gasteiger partial charge in [0.1, 0.15) is 5.82 Å². The molecule has 0 bridgehead atoms. The minimum atomic E-state index is -0.244. The molecule has 2 aromatic rings. The van der Waals surface area contributed by atoms with Crippen LogP contribution in [-0.2, 0) is 18.0 Å². The number of ether oxygens (including phenoxy) is 1. The first-order chi connectivity index (χ1) is 8.65. The van der Waals surface area contributed by atoms with E-state index in [9.17, 15) is 4.39 Å². The number of nitrogen functional groups attached to an aromatic ring is 1. The second-order valence-corrected chi connectivity index (χ2v) is 4.32. The minimum absolute atomic E-state index is 0.244. The van der Waals surface area contributed by atoms with Crippen molar-refractivity contribution >= 4 is 5.69 Å². The van der Waals surface area contributed by atoms with Crippen molar-refractivity contribution in [2.75, 3.05) is 5.73 Å². The zero-order valence-electron chi connectivity index (χ0n) is 10.3. The van der Waals surface area contributed by atoms with Gasteiger partial charge in [-0.25, -0.2) is 4.39 Å². The first-order valence-corrected chi connectivity index (χ1v) is 5.82. The maximum absolute atomic E-state index is 13.0. The van der Waals surface area contributed by atoms with E-state index >= 15 is 0 Å². The summed E-state index contributed by atoms with van der Waals surface area (Å²) in [7, 11) is 0. The summed E-state index contributed by atoms with van der Waals surface area (Å²) in [5.41, 5.74) is 9.52. The Hall–Kier alpha value is -1.87.